The molecule has 3 N–H and O–H groups in total. The number of fused-ring (bicyclic) bond motifs is 1. The lowest BCUT2D eigenvalue weighted by atomic mass is 9.81. The number of benzene rings is 1. The third kappa shape index (κ3) is 6.03. The van der Waals surface area contributed by atoms with E-state index in [-0.39, 0.29) is 24.1 Å². The summed E-state index contributed by atoms with van der Waals surface area (Å²) >= 11 is 0. The van der Waals surface area contributed by atoms with E-state index in [1.807, 2.05) is 18.2 Å². The second-order valence-electron chi connectivity index (χ2n) is 7.75. The third-order valence-electron chi connectivity index (χ3n) is 5.69. The average molecular weight is 434 g/mol. The van der Waals surface area contributed by atoms with Crippen molar-refractivity contribution < 1.29 is 28.6 Å². The minimum atomic E-state index is -0.469. The van der Waals surface area contributed by atoms with E-state index >= 15 is 0 Å². The fourth-order valence-corrected chi connectivity index (χ4v) is 4.05. The molecule has 0 saturated carbocycles. The monoisotopic (exact) mass is 433 g/mol. The predicted molar refractivity (Wildman–Crippen MR) is 114 cm³/mol. The Hall–Kier alpha value is -2.49. The number of rotatable bonds is 10. The summed E-state index contributed by atoms with van der Waals surface area (Å²) < 4.78 is 16.5. The van der Waals surface area contributed by atoms with Crippen molar-refractivity contribution in [3.63, 3.8) is 0 Å². The number of carbonyl (C=O) groups excluding carboxylic acids is 3. The van der Waals surface area contributed by atoms with Crippen LogP contribution in [0.5, 0.6) is 5.75 Å². The van der Waals surface area contributed by atoms with Crippen LogP contribution in [0.4, 0.5) is 5.69 Å². The zero-order chi connectivity index (χ0) is 22.2. The normalized spacial score (nSPS) is 21.5. The molecule has 2 aliphatic rings. The van der Waals surface area contributed by atoms with Crippen LogP contribution in [0.2, 0.25) is 0 Å². The van der Waals surface area contributed by atoms with Crippen LogP contribution in [0.3, 0.4) is 0 Å². The van der Waals surface area contributed by atoms with Crippen molar-refractivity contribution >= 4 is 23.4 Å². The lowest BCUT2D eigenvalue weighted by molar-refractivity contribution is -0.141. The maximum absolute atomic E-state index is 13.1. The Bertz CT molecular complexity index is 799. The van der Waals surface area contributed by atoms with Crippen LogP contribution in [0.1, 0.15) is 24.8 Å². The highest BCUT2D eigenvalue weighted by Crippen LogP contribution is 2.36. The summed E-state index contributed by atoms with van der Waals surface area (Å²) in [4.78, 5) is 38.5. The summed E-state index contributed by atoms with van der Waals surface area (Å²) in [5.41, 5.74) is 7.17. The number of nitrogens with two attached hydrogens (primary N) is 1. The highest BCUT2D eigenvalue weighted by atomic mass is 16.5. The summed E-state index contributed by atoms with van der Waals surface area (Å²) in [6, 6.07) is 5.70. The van der Waals surface area contributed by atoms with Crippen LogP contribution in [-0.4, -0.2) is 64.3 Å². The smallest absolute Gasteiger partial charge is 0.230 e. The topological polar surface area (TPSA) is 120 Å². The predicted octanol–water partition coefficient (Wildman–Crippen LogP) is 0.635. The largest absolute Gasteiger partial charge is 0.491 e. The molecule has 0 spiro atoms. The van der Waals surface area contributed by atoms with Crippen molar-refractivity contribution in [1.29, 1.82) is 0 Å². The standard InChI is InChI=1S/C22H31N3O6/c1-25-19-14-16(31-13-12-30-11-10-29-9-8-23)4-2-15(19)3-5-18(22(25)28)17-6-7-20(26)24-21(17)27/h2,4,14,17-18H,3,5-13,23H2,1H3,(H,24,26,27). The maximum atomic E-state index is 13.1. The first-order valence-corrected chi connectivity index (χ1v) is 10.7. The number of hydrogen-bond acceptors (Lipinski definition) is 7. The van der Waals surface area contributed by atoms with E-state index in [4.69, 9.17) is 19.9 Å². The van der Waals surface area contributed by atoms with E-state index < -0.39 is 11.8 Å². The van der Waals surface area contributed by atoms with Gasteiger partial charge in [-0.2, -0.15) is 0 Å². The molecule has 1 saturated heterocycles. The Morgan fingerprint density at radius 1 is 1.00 bits per heavy atom. The summed E-state index contributed by atoms with van der Waals surface area (Å²) in [5.74, 6) is -0.973. The number of nitrogens with one attached hydrogen (secondary N) is 1. The molecular formula is C22H31N3O6. The number of piperidine rings is 1. The summed E-state index contributed by atoms with van der Waals surface area (Å²) in [5, 5.41) is 2.37. The molecule has 1 aromatic carbocycles. The molecule has 2 aliphatic heterocycles. The number of imide groups is 1. The van der Waals surface area contributed by atoms with Gasteiger partial charge >= 0.3 is 0 Å². The average Bonchev–Trinajstić information content (AvgIpc) is 2.87. The van der Waals surface area contributed by atoms with Gasteiger partial charge in [-0.05, 0) is 30.9 Å². The lowest BCUT2D eigenvalue weighted by Gasteiger charge is -2.29. The second-order valence-corrected chi connectivity index (χ2v) is 7.75. The van der Waals surface area contributed by atoms with Gasteiger partial charge in [0, 0.05) is 26.1 Å². The van der Waals surface area contributed by atoms with Crippen LogP contribution in [0.25, 0.3) is 0 Å². The number of aryl methyl sites for hydroxylation is 1. The van der Waals surface area contributed by atoms with Gasteiger partial charge in [0.15, 0.2) is 0 Å². The van der Waals surface area contributed by atoms with E-state index in [1.165, 1.54) is 0 Å². The van der Waals surface area contributed by atoms with Gasteiger partial charge in [-0.15, -0.1) is 0 Å². The van der Waals surface area contributed by atoms with Gasteiger partial charge in [0.2, 0.25) is 17.7 Å². The Morgan fingerprint density at radius 3 is 2.45 bits per heavy atom. The van der Waals surface area contributed by atoms with Crippen LogP contribution in [0.15, 0.2) is 18.2 Å². The quantitative estimate of drug-likeness (QED) is 0.410. The minimum Gasteiger partial charge on any atom is -0.491 e. The molecule has 0 aromatic heterocycles. The summed E-state index contributed by atoms with van der Waals surface area (Å²) in [6.07, 6.45) is 1.94. The summed E-state index contributed by atoms with van der Waals surface area (Å²) in [6.45, 7) is 2.80. The molecule has 2 unspecified atom stereocenters. The van der Waals surface area contributed by atoms with Crippen molar-refractivity contribution in [2.45, 2.75) is 25.7 Å². The van der Waals surface area contributed by atoms with Gasteiger partial charge in [-0.25, -0.2) is 0 Å². The molecule has 1 fully saturated rings. The minimum absolute atomic E-state index is 0.105. The maximum Gasteiger partial charge on any atom is 0.230 e. The second kappa shape index (κ2) is 11.2. The first kappa shape index (κ1) is 23.2. The number of carbonyl (C=O) groups is 3. The van der Waals surface area contributed by atoms with E-state index in [0.717, 1.165) is 11.3 Å². The molecule has 0 aliphatic carbocycles. The van der Waals surface area contributed by atoms with Crippen LogP contribution >= 0.6 is 0 Å². The Morgan fingerprint density at radius 2 is 1.71 bits per heavy atom. The van der Waals surface area contributed by atoms with E-state index in [1.54, 1.807) is 11.9 Å². The lowest BCUT2D eigenvalue weighted by Crippen LogP contribution is -2.47. The third-order valence-corrected chi connectivity index (χ3v) is 5.69. The molecule has 3 rings (SSSR count). The molecule has 2 atom stereocenters. The fourth-order valence-electron chi connectivity index (χ4n) is 4.05. The molecule has 1 aromatic rings. The molecule has 170 valence electrons. The van der Waals surface area contributed by atoms with Crippen LogP contribution in [0, 0.1) is 11.8 Å². The first-order chi connectivity index (χ1) is 15.0. The SMILES string of the molecule is CN1C(=O)C(C2CCC(=O)NC2=O)CCc2ccc(OCCOCCOCCN)cc21. The number of ether oxygens (including phenoxy) is 3. The van der Waals surface area contributed by atoms with E-state index in [2.05, 4.69) is 5.32 Å². The van der Waals surface area contributed by atoms with E-state index in [9.17, 15) is 14.4 Å². The summed E-state index contributed by atoms with van der Waals surface area (Å²) in [7, 11) is 1.72. The highest BCUT2D eigenvalue weighted by molar-refractivity contribution is 6.03. The van der Waals surface area contributed by atoms with Gasteiger partial charge in [0.05, 0.1) is 44.0 Å². The number of amides is 3. The fraction of sp³-hybridized carbons (Fsp3) is 0.591. The Balaban J connectivity index is 1.56. The molecule has 0 radical (unpaired) electrons. The van der Waals surface area contributed by atoms with Crippen molar-refractivity contribution in [2.24, 2.45) is 17.6 Å². The van der Waals surface area contributed by atoms with Crippen LogP contribution < -0.4 is 20.7 Å². The first-order valence-electron chi connectivity index (χ1n) is 10.7. The molecule has 0 bridgehead atoms. The van der Waals surface area contributed by atoms with Crippen molar-refractivity contribution in [3.8, 4) is 5.75 Å². The number of hydrogen-bond donors (Lipinski definition) is 2. The Kier molecular flexibility index (Phi) is 8.39. The zero-order valence-electron chi connectivity index (χ0n) is 17.9. The van der Waals surface area contributed by atoms with Gasteiger partial charge in [0.25, 0.3) is 0 Å². The van der Waals surface area contributed by atoms with E-state index in [0.29, 0.717) is 64.6 Å². The van der Waals surface area contributed by atoms with Crippen molar-refractivity contribution in [1.82, 2.24) is 5.32 Å². The van der Waals surface area contributed by atoms with Gasteiger partial charge < -0.3 is 24.8 Å². The van der Waals surface area contributed by atoms with Crippen molar-refractivity contribution in [3.05, 3.63) is 23.8 Å². The zero-order valence-corrected chi connectivity index (χ0v) is 17.9. The number of nitrogens with zero attached hydrogens (tertiary/aromatic N) is 1. The Labute approximate surface area is 182 Å². The van der Waals surface area contributed by atoms with Gasteiger partial charge in [-0.1, -0.05) is 6.07 Å². The molecule has 2 heterocycles. The molecule has 3 amide bonds. The molecule has 31 heavy (non-hydrogen) atoms. The molecular weight excluding hydrogens is 402 g/mol. The highest BCUT2D eigenvalue weighted by Gasteiger charge is 2.40. The molecule has 9 nitrogen and oxygen atoms in total. The molecule has 9 heteroatoms. The number of anilines is 1. The van der Waals surface area contributed by atoms with Gasteiger partial charge in [0.1, 0.15) is 12.4 Å². The van der Waals surface area contributed by atoms with Crippen molar-refractivity contribution in [2.75, 3.05) is 51.5 Å². The van der Waals surface area contributed by atoms with Gasteiger partial charge in [-0.3, -0.25) is 19.7 Å². The van der Waals surface area contributed by atoms with Crippen LogP contribution in [-0.2, 0) is 30.3 Å².